The second-order valence-electron chi connectivity index (χ2n) is 3.57. The molecule has 0 aliphatic rings. The van der Waals surface area contributed by atoms with Crippen molar-refractivity contribution >= 4 is 16.0 Å². The van der Waals surface area contributed by atoms with Crippen LogP contribution in [-0.2, 0) is 21.4 Å². The van der Waals surface area contributed by atoms with Crippen molar-refractivity contribution in [3.8, 4) is 0 Å². The van der Waals surface area contributed by atoms with Gasteiger partial charge in [-0.05, 0) is 13.8 Å². The third kappa shape index (κ3) is 2.83. The van der Waals surface area contributed by atoms with E-state index in [0.717, 1.165) is 4.31 Å². The van der Waals surface area contributed by atoms with Crippen LogP contribution in [0.1, 0.15) is 12.7 Å². The molecule has 0 radical (unpaired) electrons. The molecule has 1 aromatic rings. The summed E-state index contributed by atoms with van der Waals surface area (Å²) in [5.41, 5.74) is 0. The zero-order valence-electron chi connectivity index (χ0n) is 9.91. The van der Waals surface area contributed by atoms with Gasteiger partial charge >= 0.3 is 5.97 Å². The Kier molecular flexibility index (Phi) is 3.89. The van der Waals surface area contributed by atoms with Crippen molar-refractivity contribution in [3.05, 3.63) is 12.0 Å². The van der Waals surface area contributed by atoms with Gasteiger partial charge in [0.05, 0.1) is 0 Å². The number of nitrogens with zero attached hydrogens (tertiary/aromatic N) is 3. The number of imidazole rings is 1. The number of sulfonamides is 1. The Morgan fingerprint density at radius 3 is 2.59 bits per heavy atom. The Labute approximate surface area is 99.7 Å². The lowest BCUT2D eigenvalue weighted by molar-refractivity contribution is -0.137. The molecule has 0 spiro atoms. The van der Waals surface area contributed by atoms with Crippen LogP contribution in [0.2, 0.25) is 0 Å². The van der Waals surface area contributed by atoms with Crippen molar-refractivity contribution in [1.29, 1.82) is 0 Å². The van der Waals surface area contributed by atoms with Gasteiger partial charge in [0.25, 0.3) is 10.0 Å². The van der Waals surface area contributed by atoms with E-state index in [0.29, 0.717) is 12.4 Å². The summed E-state index contributed by atoms with van der Waals surface area (Å²) in [5.74, 6) is -0.627. The third-order valence-corrected chi connectivity index (χ3v) is 4.00. The van der Waals surface area contributed by atoms with E-state index >= 15 is 0 Å². The molecular formula is C9H15N3O4S. The number of hydrogen-bond donors (Lipinski definition) is 1. The van der Waals surface area contributed by atoms with Crippen molar-refractivity contribution in [1.82, 2.24) is 13.9 Å². The summed E-state index contributed by atoms with van der Waals surface area (Å²) in [6, 6.07) is 0. The van der Waals surface area contributed by atoms with Gasteiger partial charge in [-0.2, -0.15) is 4.31 Å². The van der Waals surface area contributed by atoms with Gasteiger partial charge in [-0.1, -0.05) is 0 Å². The Balaban J connectivity index is 3.08. The lowest BCUT2D eigenvalue weighted by Crippen LogP contribution is -2.32. The van der Waals surface area contributed by atoms with Crippen LogP contribution < -0.4 is 0 Å². The van der Waals surface area contributed by atoms with Gasteiger partial charge in [-0.15, -0.1) is 0 Å². The number of hydrogen-bond acceptors (Lipinski definition) is 4. The molecule has 17 heavy (non-hydrogen) atoms. The van der Waals surface area contributed by atoms with Crippen LogP contribution in [0.15, 0.2) is 11.2 Å². The average Bonchev–Trinajstić information content (AvgIpc) is 2.59. The van der Waals surface area contributed by atoms with Crippen LogP contribution in [0.5, 0.6) is 0 Å². The second kappa shape index (κ2) is 4.84. The van der Waals surface area contributed by atoms with Crippen LogP contribution in [0.4, 0.5) is 0 Å². The average molecular weight is 261 g/mol. The van der Waals surface area contributed by atoms with Gasteiger partial charge in [0.15, 0.2) is 5.03 Å². The van der Waals surface area contributed by atoms with Crippen molar-refractivity contribution in [2.24, 2.45) is 0 Å². The number of aryl methyl sites for hydroxylation is 2. The van der Waals surface area contributed by atoms with E-state index in [9.17, 15) is 13.2 Å². The Bertz CT molecular complexity index is 520. The van der Waals surface area contributed by atoms with Crippen LogP contribution in [0.25, 0.3) is 0 Å². The Morgan fingerprint density at radius 1 is 1.59 bits per heavy atom. The first-order chi connectivity index (χ1) is 7.78. The van der Waals surface area contributed by atoms with E-state index in [1.165, 1.54) is 13.2 Å². The zero-order valence-corrected chi connectivity index (χ0v) is 10.7. The summed E-state index contributed by atoms with van der Waals surface area (Å²) in [6.45, 7) is 3.59. The van der Waals surface area contributed by atoms with E-state index < -0.39 is 22.5 Å². The molecule has 0 saturated carbocycles. The van der Waals surface area contributed by atoms with Crippen molar-refractivity contribution < 1.29 is 18.3 Å². The number of rotatable bonds is 5. The minimum absolute atomic E-state index is 0.124. The first kappa shape index (κ1) is 13.7. The zero-order chi connectivity index (χ0) is 13.2. The van der Waals surface area contributed by atoms with E-state index in [1.54, 1.807) is 11.5 Å². The molecule has 0 aromatic carbocycles. The molecule has 1 N–H and O–H groups in total. The molecule has 0 aliphatic carbocycles. The SMILES string of the molecule is CCn1cc(S(=O)(=O)N(C)CC(=O)O)nc1C. The molecule has 0 unspecified atom stereocenters. The molecule has 1 rings (SSSR count). The third-order valence-electron chi connectivity index (χ3n) is 2.33. The molecular weight excluding hydrogens is 246 g/mol. The summed E-state index contributed by atoms with van der Waals surface area (Å²) in [7, 11) is -2.61. The van der Waals surface area contributed by atoms with Gasteiger partial charge in [0.1, 0.15) is 12.4 Å². The molecule has 7 nitrogen and oxygen atoms in total. The second-order valence-corrected chi connectivity index (χ2v) is 5.56. The summed E-state index contributed by atoms with van der Waals surface area (Å²) in [6.07, 6.45) is 1.41. The van der Waals surface area contributed by atoms with Gasteiger partial charge in [-0.25, -0.2) is 13.4 Å². The number of aliphatic carboxylic acids is 1. The summed E-state index contributed by atoms with van der Waals surface area (Å²) >= 11 is 0. The fourth-order valence-electron chi connectivity index (χ4n) is 1.36. The molecule has 0 fully saturated rings. The summed E-state index contributed by atoms with van der Waals surface area (Å²) < 4.78 is 26.3. The number of carbonyl (C=O) groups is 1. The predicted octanol–water partition coefficient (Wildman–Crippen LogP) is -0.0835. The maximum atomic E-state index is 11.9. The molecule has 1 heterocycles. The molecule has 0 amide bonds. The minimum atomic E-state index is -3.83. The first-order valence-corrected chi connectivity index (χ1v) is 6.45. The highest BCUT2D eigenvalue weighted by Crippen LogP contribution is 2.13. The Hall–Kier alpha value is -1.41. The maximum absolute atomic E-state index is 11.9. The van der Waals surface area contributed by atoms with E-state index in [4.69, 9.17) is 5.11 Å². The molecule has 0 bridgehead atoms. The summed E-state index contributed by atoms with van der Waals surface area (Å²) in [5, 5.41) is 8.44. The van der Waals surface area contributed by atoms with Gasteiger partial charge < -0.3 is 9.67 Å². The van der Waals surface area contributed by atoms with Gasteiger partial charge in [-0.3, -0.25) is 4.79 Å². The lowest BCUT2D eigenvalue weighted by Gasteiger charge is -2.12. The van der Waals surface area contributed by atoms with Gasteiger partial charge in [0, 0.05) is 19.8 Å². The van der Waals surface area contributed by atoms with Crippen molar-refractivity contribution in [2.75, 3.05) is 13.6 Å². The molecule has 0 atom stereocenters. The topological polar surface area (TPSA) is 92.5 Å². The number of carboxylic acid groups (broad SMARTS) is 1. The molecule has 1 aromatic heterocycles. The fourth-order valence-corrected chi connectivity index (χ4v) is 2.47. The van der Waals surface area contributed by atoms with E-state index in [2.05, 4.69) is 4.98 Å². The van der Waals surface area contributed by atoms with Crippen LogP contribution in [0.3, 0.4) is 0 Å². The minimum Gasteiger partial charge on any atom is -0.480 e. The highest BCUT2D eigenvalue weighted by Gasteiger charge is 2.25. The first-order valence-electron chi connectivity index (χ1n) is 5.01. The monoisotopic (exact) mass is 261 g/mol. The smallest absolute Gasteiger partial charge is 0.318 e. The van der Waals surface area contributed by atoms with Crippen LogP contribution in [0, 0.1) is 6.92 Å². The number of likely N-dealkylation sites (N-methyl/N-ethyl adjacent to an activating group) is 1. The molecule has 96 valence electrons. The van der Waals surface area contributed by atoms with Crippen LogP contribution >= 0.6 is 0 Å². The molecule has 8 heteroatoms. The quantitative estimate of drug-likeness (QED) is 0.800. The molecule has 0 saturated heterocycles. The van der Waals surface area contributed by atoms with E-state index in [-0.39, 0.29) is 5.03 Å². The molecule has 0 aliphatic heterocycles. The highest BCUT2D eigenvalue weighted by atomic mass is 32.2. The highest BCUT2D eigenvalue weighted by molar-refractivity contribution is 7.89. The number of aromatic nitrogens is 2. The van der Waals surface area contributed by atoms with Crippen LogP contribution in [-0.4, -0.2) is 46.9 Å². The number of carboxylic acids is 1. The Morgan fingerprint density at radius 2 is 2.18 bits per heavy atom. The predicted molar refractivity (Wildman–Crippen MR) is 60.1 cm³/mol. The fraction of sp³-hybridized carbons (Fsp3) is 0.556. The van der Waals surface area contributed by atoms with Crippen molar-refractivity contribution in [2.45, 2.75) is 25.4 Å². The summed E-state index contributed by atoms with van der Waals surface area (Å²) in [4.78, 5) is 14.4. The largest absolute Gasteiger partial charge is 0.480 e. The van der Waals surface area contributed by atoms with Crippen molar-refractivity contribution in [3.63, 3.8) is 0 Å². The normalized spacial score (nSPS) is 12.0. The maximum Gasteiger partial charge on any atom is 0.318 e. The van der Waals surface area contributed by atoms with E-state index in [1.807, 2.05) is 6.92 Å². The standard InChI is InChI=1S/C9H15N3O4S/c1-4-12-5-8(10-7(12)2)17(15,16)11(3)6-9(13)14/h5H,4,6H2,1-3H3,(H,13,14). The van der Waals surface area contributed by atoms with Gasteiger partial charge in [0.2, 0.25) is 0 Å². The lowest BCUT2D eigenvalue weighted by atomic mass is 10.6.